The van der Waals surface area contributed by atoms with E-state index in [-0.39, 0.29) is 0 Å². The van der Waals surface area contributed by atoms with E-state index in [2.05, 4.69) is 99.6 Å². The van der Waals surface area contributed by atoms with Crippen LogP contribution in [0.1, 0.15) is 107 Å². The number of benzene rings is 3. The third-order valence-corrected chi connectivity index (χ3v) is 10.8. The number of thiophene rings is 1. The molecule has 1 aromatic heterocycles. The zero-order valence-electron chi connectivity index (χ0n) is 26.7. The molecule has 3 nitrogen and oxygen atoms in total. The minimum Gasteiger partial charge on any atom is -0.490 e. The molecule has 0 spiro atoms. The van der Waals surface area contributed by atoms with Gasteiger partial charge in [0.1, 0.15) is 0 Å². The third-order valence-electron chi connectivity index (χ3n) is 8.79. The molecule has 3 aromatic carbocycles. The van der Waals surface area contributed by atoms with Crippen molar-refractivity contribution in [2.24, 2.45) is 0 Å². The number of unbranched alkanes of at least 4 members (excludes halogenated alkanes) is 10. The SMILES string of the molecule is CCCCCCCCOc1ccc(-c2ccsc2C2(O)c3cc(Br)ccc3-c3ccc(Br)cc32)cc1OCCCCCCCC. The molecule has 45 heavy (non-hydrogen) atoms. The average molecular weight is 755 g/mol. The van der Waals surface area contributed by atoms with Gasteiger partial charge in [0, 0.05) is 20.1 Å². The zero-order chi connectivity index (χ0) is 31.6. The summed E-state index contributed by atoms with van der Waals surface area (Å²) in [5.41, 5.74) is 4.65. The van der Waals surface area contributed by atoms with Crippen molar-refractivity contribution in [3.63, 3.8) is 0 Å². The van der Waals surface area contributed by atoms with Crippen LogP contribution in [0, 0.1) is 0 Å². The number of fused-ring (bicyclic) bond motifs is 3. The second kappa shape index (κ2) is 16.6. The molecule has 240 valence electrons. The Morgan fingerprint density at radius 3 is 1.71 bits per heavy atom. The molecule has 0 unspecified atom stereocenters. The van der Waals surface area contributed by atoms with Crippen LogP contribution in [0.2, 0.25) is 0 Å². The Labute approximate surface area is 290 Å². The summed E-state index contributed by atoms with van der Waals surface area (Å²) in [6.45, 7) is 5.87. The van der Waals surface area contributed by atoms with E-state index < -0.39 is 5.60 Å². The van der Waals surface area contributed by atoms with Crippen molar-refractivity contribution in [1.29, 1.82) is 0 Å². The highest BCUT2D eigenvalue weighted by molar-refractivity contribution is 9.10. The molecule has 1 aliphatic rings. The molecular weight excluding hydrogens is 708 g/mol. The minimum atomic E-state index is -1.28. The summed E-state index contributed by atoms with van der Waals surface area (Å²) in [4.78, 5) is 0.904. The standard InChI is InChI=1S/C39H46Br2O3S/c1-3-5-7-9-11-13-22-43-36-20-15-28(25-37(36)44-23-14-12-10-8-6-4-2)31-21-24-45-38(31)39(42)34-26-29(40)16-18-32(34)33-19-17-30(41)27-35(33)39/h15-21,24-27,42H,3-14,22-23H2,1-2H3. The van der Waals surface area contributed by atoms with Crippen LogP contribution < -0.4 is 9.47 Å². The predicted molar refractivity (Wildman–Crippen MR) is 197 cm³/mol. The highest BCUT2D eigenvalue weighted by Crippen LogP contribution is 2.55. The smallest absolute Gasteiger partial charge is 0.161 e. The Morgan fingerprint density at radius 1 is 0.600 bits per heavy atom. The summed E-state index contributed by atoms with van der Waals surface area (Å²) < 4.78 is 14.6. The van der Waals surface area contributed by atoms with E-state index in [0.717, 1.165) is 71.5 Å². The van der Waals surface area contributed by atoms with E-state index in [0.29, 0.717) is 13.2 Å². The number of rotatable bonds is 18. The van der Waals surface area contributed by atoms with E-state index in [4.69, 9.17) is 9.47 Å². The molecule has 0 atom stereocenters. The summed E-state index contributed by atoms with van der Waals surface area (Å²) in [5, 5.41) is 14.8. The van der Waals surface area contributed by atoms with Gasteiger partial charge in [-0.2, -0.15) is 0 Å². The Morgan fingerprint density at radius 2 is 1.13 bits per heavy atom. The molecule has 0 radical (unpaired) electrons. The van der Waals surface area contributed by atoms with Gasteiger partial charge in [0.15, 0.2) is 17.1 Å². The number of hydrogen-bond acceptors (Lipinski definition) is 4. The summed E-state index contributed by atoms with van der Waals surface area (Å²) >= 11 is 8.91. The molecule has 0 aliphatic heterocycles. The zero-order valence-corrected chi connectivity index (χ0v) is 30.7. The lowest BCUT2D eigenvalue weighted by atomic mass is 9.86. The molecule has 0 saturated carbocycles. The van der Waals surface area contributed by atoms with Crippen molar-refractivity contribution >= 4 is 43.2 Å². The van der Waals surface area contributed by atoms with Gasteiger partial charge >= 0.3 is 0 Å². The fraction of sp³-hybridized carbons (Fsp3) is 0.436. The molecule has 4 aromatic rings. The van der Waals surface area contributed by atoms with Crippen LogP contribution in [0.5, 0.6) is 11.5 Å². The lowest BCUT2D eigenvalue weighted by Crippen LogP contribution is -2.25. The summed E-state index contributed by atoms with van der Waals surface area (Å²) in [6.07, 6.45) is 14.7. The maximum atomic E-state index is 12.8. The molecule has 1 heterocycles. The van der Waals surface area contributed by atoms with Gasteiger partial charge < -0.3 is 14.6 Å². The highest BCUT2D eigenvalue weighted by atomic mass is 79.9. The summed E-state index contributed by atoms with van der Waals surface area (Å²) in [5.74, 6) is 1.59. The Balaban J connectivity index is 1.42. The van der Waals surface area contributed by atoms with E-state index >= 15 is 0 Å². The van der Waals surface area contributed by atoms with Gasteiger partial charge in [-0.15, -0.1) is 11.3 Å². The summed E-state index contributed by atoms with van der Waals surface area (Å²) in [6, 6.07) is 20.8. The van der Waals surface area contributed by atoms with E-state index in [1.165, 1.54) is 64.2 Å². The van der Waals surface area contributed by atoms with Gasteiger partial charge in [0.25, 0.3) is 0 Å². The molecule has 6 heteroatoms. The monoisotopic (exact) mass is 752 g/mol. The number of aliphatic hydroxyl groups is 1. The first-order chi connectivity index (χ1) is 22.0. The Bertz CT molecular complexity index is 1490. The average Bonchev–Trinajstić information content (AvgIpc) is 3.63. The van der Waals surface area contributed by atoms with Crippen LogP contribution in [-0.2, 0) is 5.60 Å². The van der Waals surface area contributed by atoms with Gasteiger partial charge in [-0.05, 0) is 82.9 Å². The van der Waals surface area contributed by atoms with E-state index in [9.17, 15) is 5.11 Å². The Kier molecular flexibility index (Phi) is 12.6. The normalized spacial score (nSPS) is 13.1. The highest BCUT2D eigenvalue weighted by Gasteiger charge is 2.45. The van der Waals surface area contributed by atoms with Gasteiger partial charge in [-0.25, -0.2) is 0 Å². The molecular formula is C39H46Br2O3S. The van der Waals surface area contributed by atoms with Crippen LogP contribution in [0.4, 0.5) is 0 Å². The van der Waals surface area contributed by atoms with Gasteiger partial charge in [-0.1, -0.05) is 128 Å². The third kappa shape index (κ3) is 8.06. The number of hydrogen-bond donors (Lipinski definition) is 1. The fourth-order valence-electron chi connectivity index (χ4n) is 6.34. The van der Waals surface area contributed by atoms with Crippen molar-refractivity contribution in [3.8, 4) is 33.8 Å². The van der Waals surface area contributed by atoms with Crippen LogP contribution in [-0.4, -0.2) is 18.3 Å². The second-order valence-electron chi connectivity index (χ2n) is 12.1. The van der Waals surface area contributed by atoms with Gasteiger partial charge in [0.2, 0.25) is 0 Å². The van der Waals surface area contributed by atoms with Crippen molar-refractivity contribution in [3.05, 3.63) is 91.0 Å². The Hall–Kier alpha value is -2.12. The minimum absolute atomic E-state index is 0.673. The van der Waals surface area contributed by atoms with Crippen molar-refractivity contribution in [2.75, 3.05) is 13.2 Å². The quantitative estimate of drug-likeness (QED) is 0.103. The lowest BCUT2D eigenvalue weighted by molar-refractivity contribution is 0.135. The van der Waals surface area contributed by atoms with Crippen molar-refractivity contribution in [1.82, 2.24) is 0 Å². The number of halogens is 2. The molecule has 0 amide bonds. The predicted octanol–water partition coefficient (Wildman–Crippen LogP) is 12.7. The lowest BCUT2D eigenvalue weighted by Gasteiger charge is -2.27. The van der Waals surface area contributed by atoms with Crippen LogP contribution in [0.3, 0.4) is 0 Å². The molecule has 0 bridgehead atoms. The van der Waals surface area contributed by atoms with Crippen molar-refractivity contribution in [2.45, 2.75) is 96.5 Å². The number of ether oxygens (including phenoxy) is 2. The van der Waals surface area contributed by atoms with Gasteiger partial charge in [0.05, 0.1) is 18.1 Å². The first-order valence-corrected chi connectivity index (χ1v) is 19.2. The van der Waals surface area contributed by atoms with Crippen molar-refractivity contribution < 1.29 is 14.6 Å². The first-order valence-electron chi connectivity index (χ1n) is 16.8. The largest absolute Gasteiger partial charge is 0.490 e. The first kappa shape index (κ1) is 34.2. The van der Waals surface area contributed by atoms with E-state index in [1.54, 1.807) is 11.3 Å². The molecule has 0 saturated heterocycles. The molecule has 1 N–H and O–H groups in total. The fourth-order valence-corrected chi connectivity index (χ4v) is 8.11. The molecule has 0 fully saturated rings. The molecule has 1 aliphatic carbocycles. The maximum absolute atomic E-state index is 12.8. The summed E-state index contributed by atoms with van der Waals surface area (Å²) in [7, 11) is 0. The maximum Gasteiger partial charge on any atom is 0.161 e. The second-order valence-corrected chi connectivity index (χ2v) is 14.9. The molecule has 5 rings (SSSR count). The van der Waals surface area contributed by atoms with Crippen LogP contribution in [0.25, 0.3) is 22.3 Å². The van der Waals surface area contributed by atoms with Crippen LogP contribution >= 0.6 is 43.2 Å². The topological polar surface area (TPSA) is 38.7 Å². The van der Waals surface area contributed by atoms with Gasteiger partial charge in [-0.3, -0.25) is 0 Å². The van der Waals surface area contributed by atoms with Crippen LogP contribution in [0.15, 0.2) is 75.0 Å². The van der Waals surface area contributed by atoms with E-state index in [1.807, 2.05) is 12.1 Å².